The number of hydrogen-bond donors (Lipinski definition) is 1. The Bertz CT molecular complexity index is 941. The molecule has 1 aliphatic rings. The Hall–Kier alpha value is -2.97. The molecule has 0 bridgehead atoms. The summed E-state index contributed by atoms with van der Waals surface area (Å²) in [4.78, 5) is 22.9. The predicted octanol–water partition coefficient (Wildman–Crippen LogP) is 1.73. The van der Waals surface area contributed by atoms with E-state index in [1.54, 1.807) is 17.7 Å². The van der Waals surface area contributed by atoms with E-state index in [-0.39, 0.29) is 11.6 Å². The summed E-state index contributed by atoms with van der Waals surface area (Å²) in [5.74, 6) is 3.02. The summed E-state index contributed by atoms with van der Waals surface area (Å²) in [7, 11) is 0. The van der Waals surface area contributed by atoms with Crippen molar-refractivity contribution in [1.82, 2.24) is 29.9 Å². The van der Waals surface area contributed by atoms with Crippen LogP contribution in [0.5, 0.6) is 0 Å². The number of anilines is 1. The smallest absolute Gasteiger partial charge is 0.343 e. The highest BCUT2D eigenvalue weighted by Crippen LogP contribution is 2.28. The van der Waals surface area contributed by atoms with Crippen molar-refractivity contribution < 1.29 is 4.52 Å². The van der Waals surface area contributed by atoms with E-state index in [1.807, 2.05) is 19.1 Å². The topological polar surface area (TPSA) is 106 Å². The van der Waals surface area contributed by atoms with E-state index < -0.39 is 0 Å². The molecule has 0 radical (unpaired) electrons. The van der Waals surface area contributed by atoms with Crippen LogP contribution in [0, 0.1) is 6.92 Å². The maximum Gasteiger partial charge on any atom is 0.343 e. The highest BCUT2D eigenvalue weighted by Gasteiger charge is 2.26. The van der Waals surface area contributed by atoms with Crippen molar-refractivity contribution in [2.24, 2.45) is 0 Å². The van der Waals surface area contributed by atoms with Crippen LogP contribution in [0.4, 0.5) is 5.82 Å². The summed E-state index contributed by atoms with van der Waals surface area (Å²) in [5, 5.41) is 10.6. The second-order valence-corrected chi connectivity index (χ2v) is 6.47. The molecule has 3 aromatic heterocycles. The normalized spacial score (nSPS) is 17.6. The zero-order chi connectivity index (χ0) is 18.1. The van der Waals surface area contributed by atoms with Gasteiger partial charge in [0, 0.05) is 31.7 Å². The lowest BCUT2D eigenvalue weighted by Gasteiger charge is -2.33. The zero-order valence-electron chi connectivity index (χ0n) is 14.8. The van der Waals surface area contributed by atoms with Gasteiger partial charge in [-0.3, -0.25) is 4.57 Å². The molecule has 1 saturated heterocycles. The van der Waals surface area contributed by atoms with Crippen LogP contribution in [-0.4, -0.2) is 43.0 Å². The van der Waals surface area contributed by atoms with Gasteiger partial charge in [-0.05, 0) is 38.8 Å². The van der Waals surface area contributed by atoms with Gasteiger partial charge < -0.3 is 9.42 Å². The highest BCUT2D eigenvalue weighted by atomic mass is 16.5. The fourth-order valence-corrected chi connectivity index (χ4v) is 3.46. The molecule has 1 N–H and O–H groups in total. The second-order valence-electron chi connectivity index (χ2n) is 6.47. The first-order valence-electron chi connectivity index (χ1n) is 8.82. The predicted molar refractivity (Wildman–Crippen MR) is 95.0 cm³/mol. The molecule has 9 heteroatoms. The molecule has 0 amide bonds. The van der Waals surface area contributed by atoms with Gasteiger partial charge in [-0.25, -0.2) is 14.9 Å². The van der Waals surface area contributed by atoms with Gasteiger partial charge in [0.25, 0.3) is 5.89 Å². The molecule has 1 aliphatic heterocycles. The molecule has 3 aromatic rings. The third-order valence-electron chi connectivity index (χ3n) is 4.74. The quantitative estimate of drug-likeness (QED) is 0.759. The number of piperidine rings is 1. The van der Waals surface area contributed by atoms with Crippen LogP contribution in [-0.2, 0) is 6.54 Å². The van der Waals surface area contributed by atoms with Gasteiger partial charge in [0.2, 0.25) is 0 Å². The number of nitrogens with zero attached hydrogens (tertiary/aromatic N) is 6. The summed E-state index contributed by atoms with van der Waals surface area (Å²) in [6.45, 7) is 6.09. The van der Waals surface area contributed by atoms with E-state index in [1.165, 1.54) is 0 Å². The van der Waals surface area contributed by atoms with Crippen molar-refractivity contribution in [1.29, 1.82) is 0 Å². The largest absolute Gasteiger partial charge is 0.356 e. The number of aromatic nitrogens is 6. The molecule has 0 aliphatic carbocycles. The van der Waals surface area contributed by atoms with Crippen LogP contribution in [0.15, 0.2) is 27.6 Å². The van der Waals surface area contributed by atoms with E-state index in [2.05, 4.69) is 30.2 Å². The molecular formula is C17H21N7O2. The van der Waals surface area contributed by atoms with Crippen molar-refractivity contribution in [3.63, 3.8) is 0 Å². The Kier molecular flexibility index (Phi) is 4.27. The first kappa shape index (κ1) is 16.5. The maximum atomic E-state index is 11.8. The standard InChI is InChI=1S/C17H21N7O2/c1-3-24-15(20-21-17(24)25)13-5-4-8-23(10-13)14-7-6-12(9-18-14)16-19-11(2)22-26-16/h6-7,9,13H,3-5,8,10H2,1-2H3,(H,21,25)/t13-/m0/s1. The van der Waals surface area contributed by atoms with Gasteiger partial charge in [0.15, 0.2) is 5.82 Å². The molecule has 136 valence electrons. The fourth-order valence-electron chi connectivity index (χ4n) is 3.46. The Morgan fingerprint density at radius 3 is 2.96 bits per heavy atom. The summed E-state index contributed by atoms with van der Waals surface area (Å²) in [6, 6.07) is 3.91. The van der Waals surface area contributed by atoms with Crippen LogP contribution in [0.2, 0.25) is 0 Å². The Morgan fingerprint density at radius 2 is 2.27 bits per heavy atom. The second kappa shape index (κ2) is 6.74. The molecule has 9 nitrogen and oxygen atoms in total. The molecule has 4 rings (SSSR count). The third kappa shape index (κ3) is 3.00. The van der Waals surface area contributed by atoms with E-state index in [0.29, 0.717) is 18.3 Å². The van der Waals surface area contributed by atoms with Crippen LogP contribution in [0.3, 0.4) is 0 Å². The Labute approximate surface area is 150 Å². The lowest BCUT2D eigenvalue weighted by molar-refractivity contribution is 0.425. The van der Waals surface area contributed by atoms with Gasteiger partial charge in [0.05, 0.1) is 5.56 Å². The third-order valence-corrected chi connectivity index (χ3v) is 4.74. The summed E-state index contributed by atoms with van der Waals surface area (Å²) >= 11 is 0. The number of rotatable bonds is 4. The molecule has 1 atom stereocenters. The van der Waals surface area contributed by atoms with E-state index in [9.17, 15) is 4.79 Å². The summed E-state index contributed by atoms with van der Waals surface area (Å²) in [6.07, 6.45) is 3.80. The SMILES string of the molecule is CCn1c([C@H]2CCCN(c3ccc(-c4nc(C)no4)cn3)C2)n[nH]c1=O. The molecule has 0 saturated carbocycles. The Morgan fingerprint density at radius 1 is 1.38 bits per heavy atom. The van der Waals surface area contributed by atoms with Gasteiger partial charge in [-0.15, -0.1) is 0 Å². The van der Waals surface area contributed by atoms with E-state index >= 15 is 0 Å². The number of pyridine rings is 1. The molecule has 0 aromatic carbocycles. The maximum absolute atomic E-state index is 11.8. The van der Waals surface area contributed by atoms with Crippen molar-refractivity contribution in [3.8, 4) is 11.5 Å². The summed E-state index contributed by atoms with van der Waals surface area (Å²) in [5.41, 5.74) is 0.659. The molecule has 0 spiro atoms. The van der Waals surface area contributed by atoms with E-state index in [0.717, 1.165) is 43.1 Å². The van der Waals surface area contributed by atoms with Crippen LogP contribution in [0.25, 0.3) is 11.5 Å². The first-order chi connectivity index (χ1) is 12.7. The molecule has 0 unspecified atom stereocenters. The monoisotopic (exact) mass is 355 g/mol. The van der Waals surface area contributed by atoms with Crippen molar-refractivity contribution >= 4 is 5.82 Å². The minimum absolute atomic E-state index is 0.142. The zero-order valence-corrected chi connectivity index (χ0v) is 14.8. The number of aryl methyl sites for hydroxylation is 1. The number of aromatic amines is 1. The Balaban J connectivity index is 1.53. The molecule has 4 heterocycles. The molecule has 1 fully saturated rings. The minimum atomic E-state index is -0.142. The highest BCUT2D eigenvalue weighted by molar-refractivity contribution is 5.54. The van der Waals surface area contributed by atoms with E-state index in [4.69, 9.17) is 4.52 Å². The van der Waals surface area contributed by atoms with Gasteiger partial charge in [-0.1, -0.05) is 5.16 Å². The average molecular weight is 355 g/mol. The van der Waals surface area contributed by atoms with Crippen LogP contribution in [0.1, 0.15) is 37.3 Å². The molecular weight excluding hydrogens is 334 g/mol. The number of nitrogens with one attached hydrogen (secondary N) is 1. The van der Waals surface area contributed by atoms with Crippen LogP contribution >= 0.6 is 0 Å². The minimum Gasteiger partial charge on any atom is -0.356 e. The molecule has 26 heavy (non-hydrogen) atoms. The number of hydrogen-bond acceptors (Lipinski definition) is 7. The number of H-pyrrole nitrogens is 1. The van der Waals surface area contributed by atoms with Crippen LogP contribution < -0.4 is 10.6 Å². The van der Waals surface area contributed by atoms with Crippen molar-refractivity contribution in [2.75, 3.05) is 18.0 Å². The average Bonchev–Trinajstić information content (AvgIpc) is 3.27. The lowest BCUT2D eigenvalue weighted by Crippen LogP contribution is -2.36. The summed E-state index contributed by atoms with van der Waals surface area (Å²) < 4.78 is 6.89. The fraction of sp³-hybridized carbons (Fsp3) is 0.471. The lowest BCUT2D eigenvalue weighted by atomic mass is 9.97. The van der Waals surface area contributed by atoms with Crippen molar-refractivity contribution in [3.05, 3.63) is 40.5 Å². The van der Waals surface area contributed by atoms with Gasteiger partial charge >= 0.3 is 5.69 Å². The first-order valence-corrected chi connectivity index (χ1v) is 8.82. The van der Waals surface area contributed by atoms with Gasteiger partial charge in [0.1, 0.15) is 11.6 Å². The van der Waals surface area contributed by atoms with Gasteiger partial charge in [-0.2, -0.15) is 10.1 Å². The van der Waals surface area contributed by atoms with Crippen molar-refractivity contribution in [2.45, 2.75) is 39.2 Å².